The van der Waals surface area contributed by atoms with Crippen LogP contribution in [0.2, 0.25) is 0 Å². The molecule has 0 unspecified atom stereocenters. The molecule has 0 saturated heterocycles. The number of benzene rings is 2. The highest BCUT2D eigenvalue weighted by molar-refractivity contribution is 5.97. The molecule has 1 amide bonds. The number of rotatable bonds is 9. The summed E-state index contributed by atoms with van der Waals surface area (Å²) < 4.78 is 25.8. The van der Waals surface area contributed by atoms with Crippen molar-refractivity contribution in [3.8, 4) is 23.0 Å². The van der Waals surface area contributed by atoms with Crippen LogP contribution in [0.25, 0.3) is 0 Å². The lowest BCUT2D eigenvalue weighted by atomic mass is 10.0. The highest BCUT2D eigenvalue weighted by Gasteiger charge is 2.23. The molecule has 0 aliphatic carbocycles. The van der Waals surface area contributed by atoms with Crippen molar-refractivity contribution in [2.24, 2.45) is 0 Å². The Morgan fingerprint density at radius 1 is 0.828 bits per heavy atom. The second-order valence-electron chi connectivity index (χ2n) is 5.99. The summed E-state index contributed by atoms with van der Waals surface area (Å²) in [4.78, 5) is 24.8. The van der Waals surface area contributed by atoms with Crippen LogP contribution in [0.3, 0.4) is 0 Å². The number of nitrogens with one attached hydrogen (secondary N) is 1. The molecular weight excluding hydrogens is 378 g/mol. The Morgan fingerprint density at radius 3 is 2.10 bits per heavy atom. The molecule has 29 heavy (non-hydrogen) atoms. The average Bonchev–Trinajstić information content (AvgIpc) is 2.77. The van der Waals surface area contributed by atoms with Crippen molar-refractivity contribution >= 4 is 11.9 Å². The Labute approximate surface area is 169 Å². The zero-order valence-electron chi connectivity index (χ0n) is 17.1. The van der Waals surface area contributed by atoms with Gasteiger partial charge in [0.05, 0.1) is 53.6 Å². The van der Waals surface area contributed by atoms with E-state index in [-0.39, 0.29) is 6.42 Å². The van der Waals surface area contributed by atoms with Crippen LogP contribution in [0.1, 0.15) is 28.4 Å². The number of amides is 1. The van der Waals surface area contributed by atoms with Crippen LogP contribution in [-0.4, -0.2) is 47.4 Å². The normalized spacial score (nSPS) is 11.2. The van der Waals surface area contributed by atoms with Crippen LogP contribution in [0.5, 0.6) is 23.0 Å². The summed E-state index contributed by atoms with van der Waals surface area (Å²) in [5, 5.41) is 2.86. The van der Waals surface area contributed by atoms with Crippen LogP contribution in [0.4, 0.5) is 0 Å². The molecule has 2 rings (SSSR count). The van der Waals surface area contributed by atoms with E-state index in [1.807, 2.05) is 0 Å². The van der Waals surface area contributed by atoms with Crippen molar-refractivity contribution in [1.29, 1.82) is 0 Å². The number of hydrogen-bond donors (Lipinski definition) is 1. The standard InChI is InChI=1S/C21H25NO7/c1-25-14-7-8-15(18(11-14)27-3)21(24)22-16(12-20(23)29-5)13-6-9-17(26-2)19(10-13)28-4/h6-11,16H,12H2,1-5H3,(H,22,24)/t16-/m1/s1. The van der Waals surface area contributed by atoms with Gasteiger partial charge in [0, 0.05) is 6.07 Å². The quantitative estimate of drug-likeness (QED) is 0.644. The number of methoxy groups -OCH3 is 5. The van der Waals surface area contributed by atoms with E-state index in [9.17, 15) is 9.59 Å². The third-order valence-corrected chi connectivity index (χ3v) is 4.37. The fourth-order valence-corrected chi connectivity index (χ4v) is 2.79. The van der Waals surface area contributed by atoms with Crippen LogP contribution < -0.4 is 24.3 Å². The number of hydrogen-bond acceptors (Lipinski definition) is 7. The first-order valence-corrected chi connectivity index (χ1v) is 8.79. The topological polar surface area (TPSA) is 92.3 Å². The molecule has 0 spiro atoms. The third kappa shape index (κ3) is 5.31. The molecule has 0 aromatic heterocycles. The van der Waals surface area contributed by atoms with Gasteiger partial charge in [-0.1, -0.05) is 6.07 Å². The summed E-state index contributed by atoms with van der Waals surface area (Å²) in [6.45, 7) is 0. The first-order valence-electron chi connectivity index (χ1n) is 8.79. The van der Waals surface area contributed by atoms with Crippen molar-refractivity contribution in [2.45, 2.75) is 12.5 Å². The van der Waals surface area contributed by atoms with E-state index in [1.165, 1.54) is 35.5 Å². The summed E-state index contributed by atoms with van der Waals surface area (Å²) in [6, 6.07) is 9.37. The average molecular weight is 403 g/mol. The summed E-state index contributed by atoms with van der Waals surface area (Å²) in [7, 11) is 7.32. The maximum Gasteiger partial charge on any atom is 0.307 e. The van der Waals surface area contributed by atoms with E-state index in [0.29, 0.717) is 34.1 Å². The molecule has 0 aliphatic rings. The van der Waals surface area contributed by atoms with Crippen molar-refractivity contribution in [3.05, 3.63) is 47.5 Å². The molecule has 2 aromatic rings. The molecule has 0 saturated carbocycles. The number of esters is 1. The minimum atomic E-state index is -0.651. The monoisotopic (exact) mass is 403 g/mol. The van der Waals surface area contributed by atoms with Crippen molar-refractivity contribution in [3.63, 3.8) is 0 Å². The Kier molecular flexibility index (Phi) is 7.70. The maximum atomic E-state index is 12.9. The number of carbonyl (C=O) groups is 2. The molecule has 0 radical (unpaired) electrons. The minimum absolute atomic E-state index is 0.0593. The van der Waals surface area contributed by atoms with E-state index in [1.54, 1.807) is 36.4 Å². The molecule has 1 atom stereocenters. The Morgan fingerprint density at radius 2 is 1.52 bits per heavy atom. The third-order valence-electron chi connectivity index (χ3n) is 4.37. The van der Waals surface area contributed by atoms with Gasteiger partial charge in [0.15, 0.2) is 11.5 Å². The van der Waals surface area contributed by atoms with Crippen molar-refractivity contribution in [2.75, 3.05) is 35.5 Å². The van der Waals surface area contributed by atoms with Gasteiger partial charge in [-0.25, -0.2) is 0 Å². The van der Waals surface area contributed by atoms with Gasteiger partial charge in [0.25, 0.3) is 5.91 Å². The first kappa shape index (κ1) is 21.9. The zero-order chi connectivity index (χ0) is 21.4. The molecule has 8 nitrogen and oxygen atoms in total. The van der Waals surface area contributed by atoms with Gasteiger partial charge in [-0.3, -0.25) is 9.59 Å². The highest BCUT2D eigenvalue weighted by Crippen LogP contribution is 2.32. The molecule has 156 valence electrons. The van der Waals surface area contributed by atoms with Crippen LogP contribution in [0, 0.1) is 0 Å². The molecule has 8 heteroatoms. The van der Waals surface area contributed by atoms with Gasteiger partial charge in [0.1, 0.15) is 11.5 Å². The summed E-state index contributed by atoms with van der Waals surface area (Å²) in [5.74, 6) is 1.06. The lowest BCUT2D eigenvalue weighted by Gasteiger charge is -2.20. The largest absolute Gasteiger partial charge is 0.497 e. The number of ether oxygens (including phenoxy) is 5. The van der Waals surface area contributed by atoms with Crippen LogP contribution in [-0.2, 0) is 9.53 Å². The van der Waals surface area contributed by atoms with E-state index < -0.39 is 17.9 Å². The maximum absolute atomic E-state index is 12.9. The molecule has 1 N–H and O–H groups in total. The van der Waals surface area contributed by atoms with Gasteiger partial charge in [-0.15, -0.1) is 0 Å². The molecule has 0 bridgehead atoms. The van der Waals surface area contributed by atoms with E-state index in [4.69, 9.17) is 23.7 Å². The van der Waals surface area contributed by atoms with Gasteiger partial charge >= 0.3 is 5.97 Å². The van der Waals surface area contributed by atoms with Crippen molar-refractivity contribution < 1.29 is 33.3 Å². The SMILES string of the molecule is COC(=O)C[C@@H](NC(=O)c1ccc(OC)cc1OC)c1ccc(OC)c(OC)c1. The van der Waals surface area contributed by atoms with Gasteiger partial charge in [-0.2, -0.15) is 0 Å². The summed E-state index contributed by atoms with van der Waals surface area (Å²) in [6.07, 6.45) is -0.0593. The summed E-state index contributed by atoms with van der Waals surface area (Å²) in [5.41, 5.74) is 0.970. The first-order chi connectivity index (χ1) is 14.0. The molecule has 0 heterocycles. The molecule has 0 aliphatic heterocycles. The highest BCUT2D eigenvalue weighted by atomic mass is 16.5. The predicted octanol–water partition coefficient (Wildman–Crippen LogP) is 2.76. The molecular formula is C21H25NO7. The number of carbonyl (C=O) groups excluding carboxylic acids is 2. The fourth-order valence-electron chi connectivity index (χ4n) is 2.79. The van der Waals surface area contributed by atoms with Crippen molar-refractivity contribution in [1.82, 2.24) is 5.32 Å². The zero-order valence-corrected chi connectivity index (χ0v) is 17.1. The predicted molar refractivity (Wildman–Crippen MR) is 106 cm³/mol. The lowest BCUT2D eigenvalue weighted by Crippen LogP contribution is -2.30. The van der Waals surface area contributed by atoms with E-state index in [2.05, 4.69) is 5.32 Å². The van der Waals surface area contributed by atoms with Crippen LogP contribution >= 0.6 is 0 Å². The Hall–Kier alpha value is -3.42. The van der Waals surface area contributed by atoms with Gasteiger partial charge in [-0.05, 0) is 29.8 Å². The van der Waals surface area contributed by atoms with Crippen LogP contribution in [0.15, 0.2) is 36.4 Å². The second-order valence-corrected chi connectivity index (χ2v) is 5.99. The lowest BCUT2D eigenvalue weighted by molar-refractivity contribution is -0.141. The fraction of sp³-hybridized carbons (Fsp3) is 0.333. The van der Waals surface area contributed by atoms with E-state index >= 15 is 0 Å². The minimum Gasteiger partial charge on any atom is -0.497 e. The second kappa shape index (κ2) is 10.2. The van der Waals surface area contributed by atoms with Gasteiger partial charge in [0.2, 0.25) is 0 Å². The molecule has 2 aromatic carbocycles. The Balaban J connectivity index is 2.36. The summed E-state index contributed by atoms with van der Waals surface area (Å²) >= 11 is 0. The Bertz CT molecular complexity index is 866. The molecule has 0 fully saturated rings. The van der Waals surface area contributed by atoms with Gasteiger partial charge < -0.3 is 29.0 Å². The smallest absolute Gasteiger partial charge is 0.307 e. The van der Waals surface area contributed by atoms with E-state index in [0.717, 1.165) is 0 Å².